The Morgan fingerprint density at radius 3 is 1.92 bits per heavy atom. The highest BCUT2D eigenvalue weighted by Gasteiger charge is 2.58. The molecule has 0 saturated heterocycles. The monoisotopic (exact) mass is 838 g/mol. The van der Waals surface area contributed by atoms with E-state index in [1.165, 1.54) is 39.1 Å². The lowest BCUT2D eigenvalue weighted by atomic mass is 9.64. The highest BCUT2D eigenvalue weighted by atomic mass is 16.5. The van der Waals surface area contributed by atoms with Gasteiger partial charge in [0.1, 0.15) is 23.2 Å². The predicted octanol–water partition coefficient (Wildman–Crippen LogP) is 15.0. The fourth-order valence-corrected chi connectivity index (χ4v) is 11.2. The van der Waals surface area contributed by atoms with Crippen molar-refractivity contribution in [1.29, 1.82) is 0 Å². The maximum Gasteiger partial charge on any atom is 0.137 e. The lowest BCUT2D eigenvalue weighted by molar-refractivity contribution is 0.116. The van der Waals surface area contributed by atoms with Gasteiger partial charge in [0, 0.05) is 40.7 Å². The van der Waals surface area contributed by atoms with Crippen molar-refractivity contribution in [2.45, 2.75) is 126 Å². The Hall–Kier alpha value is -5.75. The van der Waals surface area contributed by atoms with Crippen molar-refractivity contribution >= 4 is 28.7 Å². The standard InChI is InChI=1S/C57H67N5O/c1-35(2)51(36(3)4)57(15)56(13,14)62(52-38(6)28-37(5)29-39(52)7)53(60-57)41-30-40(47-21-18-19-26-58-47)31-44(32-41)63-43-23-24-46-49(34-43)61(48-22-17-16-20-45(48)55(46,11)12)50-33-42(25-27-59-50)54(8,9)10/h16-36,51H,1-15H3/t57-/m1/s1. The second kappa shape index (κ2) is 15.8. The molecule has 1 atom stereocenters. The zero-order chi connectivity index (χ0) is 45.4. The van der Waals surface area contributed by atoms with Crippen molar-refractivity contribution in [3.63, 3.8) is 0 Å². The van der Waals surface area contributed by atoms with Gasteiger partial charge in [-0.1, -0.05) is 110 Å². The largest absolute Gasteiger partial charge is 0.457 e. The molecule has 0 radical (unpaired) electrons. The molecule has 0 fully saturated rings. The number of ether oxygens (including phenoxy) is 1. The number of aryl methyl sites for hydroxylation is 3. The predicted molar refractivity (Wildman–Crippen MR) is 265 cm³/mol. The van der Waals surface area contributed by atoms with Crippen LogP contribution in [0.2, 0.25) is 0 Å². The molecule has 6 nitrogen and oxygen atoms in total. The molecule has 4 aromatic carbocycles. The molecule has 6 aromatic rings. The number of aliphatic imine (C=N–C) groups is 1. The molecular weight excluding hydrogens is 771 g/mol. The molecular formula is C57H67N5O. The fourth-order valence-electron chi connectivity index (χ4n) is 11.2. The molecule has 0 amide bonds. The number of hydrogen-bond acceptors (Lipinski definition) is 6. The van der Waals surface area contributed by atoms with E-state index in [0.29, 0.717) is 17.8 Å². The Kier molecular flexibility index (Phi) is 11.0. The van der Waals surface area contributed by atoms with E-state index in [-0.39, 0.29) is 16.4 Å². The highest BCUT2D eigenvalue weighted by molar-refractivity contribution is 6.14. The Labute approximate surface area is 377 Å². The van der Waals surface area contributed by atoms with Crippen LogP contribution >= 0.6 is 0 Å². The minimum atomic E-state index is -0.417. The van der Waals surface area contributed by atoms with E-state index in [4.69, 9.17) is 19.7 Å². The van der Waals surface area contributed by atoms with Gasteiger partial charge in [-0.05, 0) is 147 Å². The molecule has 8 rings (SSSR count). The number of benzene rings is 4. The number of anilines is 4. The van der Waals surface area contributed by atoms with Crippen LogP contribution in [-0.4, -0.2) is 26.9 Å². The summed E-state index contributed by atoms with van der Waals surface area (Å²) in [7, 11) is 0. The molecule has 0 N–H and O–H groups in total. The van der Waals surface area contributed by atoms with E-state index < -0.39 is 5.54 Å². The average Bonchev–Trinajstić information content (AvgIpc) is 3.41. The van der Waals surface area contributed by atoms with E-state index in [9.17, 15) is 0 Å². The van der Waals surface area contributed by atoms with Crippen LogP contribution in [0.4, 0.5) is 22.9 Å². The third-order valence-electron chi connectivity index (χ3n) is 14.2. The molecule has 0 bridgehead atoms. The summed E-state index contributed by atoms with van der Waals surface area (Å²) in [5, 5.41) is 0. The molecule has 0 aliphatic carbocycles. The van der Waals surface area contributed by atoms with Gasteiger partial charge in [-0.25, -0.2) is 4.98 Å². The average molecular weight is 838 g/mol. The van der Waals surface area contributed by atoms with Gasteiger partial charge in [-0.3, -0.25) is 14.9 Å². The van der Waals surface area contributed by atoms with Crippen molar-refractivity contribution < 1.29 is 4.74 Å². The molecule has 2 aromatic heterocycles. The SMILES string of the molecule is Cc1cc(C)c(N2C(c3cc(Oc4ccc5c(c4)N(c4cc(C(C)(C)C)ccn4)c4ccccc4C5(C)C)cc(-c4ccccn4)c3)=N[C@](C)(C(C(C)C)C(C)C)C2(C)C)c(C)c1. The third-order valence-corrected chi connectivity index (χ3v) is 14.2. The Morgan fingerprint density at radius 1 is 0.619 bits per heavy atom. The van der Waals surface area contributed by atoms with Crippen LogP contribution in [0.1, 0.15) is 122 Å². The Morgan fingerprint density at radius 2 is 1.27 bits per heavy atom. The number of amidine groups is 1. The summed E-state index contributed by atoms with van der Waals surface area (Å²) >= 11 is 0. The van der Waals surface area contributed by atoms with Gasteiger partial charge in [-0.15, -0.1) is 0 Å². The van der Waals surface area contributed by atoms with E-state index in [0.717, 1.165) is 51.3 Å². The maximum absolute atomic E-state index is 7.11. The Bertz CT molecular complexity index is 2690. The number of fused-ring (bicyclic) bond motifs is 2. The molecule has 4 heterocycles. The minimum absolute atomic E-state index is 0.0381. The van der Waals surface area contributed by atoms with Gasteiger partial charge in [0.25, 0.3) is 0 Å². The smallest absolute Gasteiger partial charge is 0.137 e. The van der Waals surface area contributed by atoms with E-state index in [1.807, 2.05) is 24.5 Å². The zero-order valence-electron chi connectivity index (χ0n) is 40.3. The molecule has 6 heteroatoms. The van der Waals surface area contributed by atoms with Gasteiger partial charge in [-0.2, -0.15) is 0 Å². The number of para-hydroxylation sites is 1. The number of hydrogen-bond donors (Lipinski definition) is 0. The maximum atomic E-state index is 7.11. The van der Waals surface area contributed by atoms with Crippen LogP contribution in [-0.2, 0) is 10.8 Å². The van der Waals surface area contributed by atoms with Crippen LogP contribution in [0.15, 0.2) is 121 Å². The van der Waals surface area contributed by atoms with Crippen LogP contribution in [0.25, 0.3) is 11.3 Å². The van der Waals surface area contributed by atoms with Crippen molar-refractivity contribution in [3.05, 3.63) is 154 Å². The second-order valence-corrected chi connectivity index (χ2v) is 21.1. The summed E-state index contributed by atoms with van der Waals surface area (Å²) in [5.74, 6) is 4.46. The van der Waals surface area contributed by atoms with Crippen molar-refractivity contribution in [2.75, 3.05) is 9.80 Å². The lowest BCUT2D eigenvalue weighted by Crippen LogP contribution is -2.60. The Balaban J connectivity index is 1.32. The highest BCUT2D eigenvalue weighted by Crippen LogP contribution is 2.54. The molecule has 2 aliphatic heterocycles. The van der Waals surface area contributed by atoms with Gasteiger partial charge in [0.05, 0.1) is 28.1 Å². The summed E-state index contributed by atoms with van der Waals surface area (Å²) < 4.78 is 7.11. The third kappa shape index (κ3) is 7.53. The first-order chi connectivity index (χ1) is 29.6. The van der Waals surface area contributed by atoms with Gasteiger partial charge in [0.2, 0.25) is 0 Å². The topological polar surface area (TPSA) is 53.9 Å². The molecule has 326 valence electrons. The lowest BCUT2D eigenvalue weighted by Gasteiger charge is -2.50. The number of aromatic nitrogens is 2. The van der Waals surface area contributed by atoms with Gasteiger partial charge >= 0.3 is 0 Å². The first-order valence-corrected chi connectivity index (χ1v) is 22.9. The minimum Gasteiger partial charge on any atom is -0.457 e. The van der Waals surface area contributed by atoms with Crippen molar-refractivity contribution in [3.8, 4) is 22.8 Å². The molecule has 63 heavy (non-hydrogen) atoms. The number of pyridine rings is 2. The van der Waals surface area contributed by atoms with E-state index >= 15 is 0 Å². The van der Waals surface area contributed by atoms with Crippen LogP contribution in [0.5, 0.6) is 11.5 Å². The molecule has 0 spiro atoms. The first-order valence-electron chi connectivity index (χ1n) is 22.9. The summed E-state index contributed by atoms with van der Waals surface area (Å²) in [4.78, 5) is 20.7. The quantitative estimate of drug-likeness (QED) is 0.145. The van der Waals surface area contributed by atoms with Crippen LogP contribution < -0.4 is 14.5 Å². The summed E-state index contributed by atoms with van der Waals surface area (Å²) in [6, 6.07) is 36.9. The summed E-state index contributed by atoms with van der Waals surface area (Å²) in [6.07, 6.45) is 3.80. The normalized spacial score (nSPS) is 17.9. The van der Waals surface area contributed by atoms with Crippen LogP contribution in [0, 0.1) is 38.5 Å². The van der Waals surface area contributed by atoms with E-state index in [1.54, 1.807) is 0 Å². The second-order valence-electron chi connectivity index (χ2n) is 21.1. The van der Waals surface area contributed by atoms with Crippen molar-refractivity contribution in [2.24, 2.45) is 22.7 Å². The summed E-state index contributed by atoms with van der Waals surface area (Å²) in [5.41, 5.74) is 12.6. The zero-order valence-corrected chi connectivity index (χ0v) is 40.3. The summed E-state index contributed by atoms with van der Waals surface area (Å²) in [6.45, 7) is 34.7. The van der Waals surface area contributed by atoms with Crippen LogP contribution in [0.3, 0.4) is 0 Å². The van der Waals surface area contributed by atoms with Gasteiger partial charge < -0.3 is 9.64 Å². The fraction of sp³-hybridized carbons (Fsp3) is 0.386. The van der Waals surface area contributed by atoms with Gasteiger partial charge in [0.15, 0.2) is 0 Å². The first kappa shape index (κ1) is 43.9. The number of rotatable bonds is 9. The van der Waals surface area contributed by atoms with Crippen molar-refractivity contribution in [1.82, 2.24) is 9.97 Å². The molecule has 0 saturated carbocycles. The molecule has 2 aliphatic rings. The van der Waals surface area contributed by atoms with E-state index in [2.05, 4.69) is 205 Å². The molecule has 0 unspecified atom stereocenters. The number of nitrogens with zero attached hydrogens (tertiary/aromatic N) is 5.